The summed E-state index contributed by atoms with van der Waals surface area (Å²) in [6.07, 6.45) is 4.48. The number of hydrogen-bond acceptors (Lipinski definition) is 2. The Labute approximate surface area is 119 Å². The molecular formula is C17H19FN2. The van der Waals surface area contributed by atoms with Gasteiger partial charge >= 0.3 is 0 Å². The SMILES string of the molecule is CCC(NC1CCc2ccccc21)c1ccc(F)cn1. The Kier molecular flexibility index (Phi) is 3.79. The second-order valence-electron chi connectivity index (χ2n) is 5.32. The maximum absolute atomic E-state index is 13.0. The van der Waals surface area contributed by atoms with Gasteiger partial charge in [0, 0.05) is 12.1 Å². The predicted octanol–water partition coefficient (Wildman–Crippen LogP) is 3.95. The predicted molar refractivity (Wildman–Crippen MR) is 77.9 cm³/mol. The fourth-order valence-corrected chi connectivity index (χ4v) is 2.98. The van der Waals surface area contributed by atoms with Crippen LogP contribution >= 0.6 is 0 Å². The lowest BCUT2D eigenvalue weighted by Gasteiger charge is -2.22. The van der Waals surface area contributed by atoms with E-state index < -0.39 is 0 Å². The van der Waals surface area contributed by atoms with E-state index in [0.29, 0.717) is 6.04 Å². The van der Waals surface area contributed by atoms with Crippen LogP contribution in [0, 0.1) is 5.82 Å². The van der Waals surface area contributed by atoms with Crippen LogP contribution in [0.3, 0.4) is 0 Å². The number of pyridine rings is 1. The second kappa shape index (κ2) is 5.71. The van der Waals surface area contributed by atoms with Crippen molar-refractivity contribution in [1.82, 2.24) is 10.3 Å². The largest absolute Gasteiger partial charge is 0.302 e. The zero-order valence-corrected chi connectivity index (χ0v) is 11.6. The monoisotopic (exact) mass is 270 g/mol. The zero-order valence-electron chi connectivity index (χ0n) is 11.6. The van der Waals surface area contributed by atoms with E-state index in [4.69, 9.17) is 0 Å². The molecule has 3 heteroatoms. The Balaban J connectivity index is 1.78. The summed E-state index contributed by atoms with van der Waals surface area (Å²) in [6.45, 7) is 2.13. The lowest BCUT2D eigenvalue weighted by atomic mass is 10.0. The van der Waals surface area contributed by atoms with Crippen molar-refractivity contribution in [3.8, 4) is 0 Å². The molecule has 1 aliphatic carbocycles. The van der Waals surface area contributed by atoms with Gasteiger partial charge in [-0.05, 0) is 42.5 Å². The molecule has 0 bridgehead atoms. The van der Waals surface area contributed by atoms with Gasteiger partial charge in [-0.2, -0.15) is 0 Å². The maximum atomic E-state index is 13.0. The first-order valence-electron chi connectivity index (χ1n) is 7.23. The molecule has 20 heavy (non-hydrogen) atoms. The van der Waals surface area contributed by atoms with Gasteiger partial charge in [0.1, 0.15) is 5.82 Å². The molecule has 0 saturated carbocycles. The number of hydrogen-bond donors (Lipinski definition) is 1. The number of aryl methyl sites for hydroxylation is 1. The average Bonchev–Trinajstić information content (AvgIpc) is 2.89. The Bertz CT molecular complexity index is 580. The molecule has 2 unspecified atom stereocenters. The smallest absolute Gasteiger partial charge is 0.141 e. The van der Waals surface area contributed by atoms with Gasteiger partial charge in [-0.25, -0.2) is 4.39 Å². The lowest BCUT2D eigenvalue weighted by molar-refractivity contribution is 0.425. The molecular weight excluding hydrogens is 251 g/mol. The Hall–Kier alpha value is -1.74. The highest BCUT2D eigenvalue weighted by Crippen LogP contribution is 2.33. The van der Waals surface area contributed by atoms with Gasteiger partial charge in [0.25, 0.3) is 0 Å². The molecule has 1 aromatic heterocycles. The number of fused-ring (bicyclic) bond motifs is 1. The van der Waals surface area contributed by atoms with Gasteiger partial charge in [0.05, 0.1) is 11.9 Å². The Morgan fingerprint density at radius 3 is 2.90 bits per heavy atom. The minimum Gasteiger partial charge on any atom is -0.302 e. The van der Waals surface area contributed by atoms with Gasteiger partial charge in [-0.3, -0.25) is 4.98 Å². The molecule has 2 nitrogen and oxygen atoms in total. The van der Waals surface area contributed by atoms with Crippen LogP contribution in [-0.2, 0) is 6.42 Å². The Morgan fingerprint density at radius 2 is 2.15 bits per heavy atom. The number of halogens is 1. The zero-order chi connectivity index (χ0) is 13.9. The van der Waals surface area contributed by atoms with Crippen LogP contribution in [0.25, 0.3) is 0 Å². The van der Waals surface area contributed by atoms with Crippen molar-refractivity contribution in [3.63, 3.8) is 0 Å². The van der Waals surface area contributed by atoms with Crippen molar-refractivity contribution in [1.29, 1.82) is 0 Å². The van der Waals surface area contributed by atoms with Crippen LogP contribution in [0.5, 0.6) is 0 Å². The van der Waals surface area contributed by atoms with Crippen LogP contribution in [0.1, 0.15) is 48.7 Å². The Morgan fingerprint density at radius 1 is 1.30 bits per heavy atom. The van der Waals surface area contributed by atoms with E-state index in [1.54, 1.807) is 6.07 Å². The molecule has 2 atom stereocenters. The minimum absolute atomic E-state index is 0.173. The van der Waals surface area contributed by atoms with Crippen LogP contribution in [0.2, 0.25) is 0 Å². The first-order valence-corrected chi connectivity index (χ1v) is 7.23. The van der Waals surface area contributed by atoms with Gasteiger partial charge in [-0.1, -0.05) is 31.2 Å². The highest BCUT2D eigenvalue weighted by molar-refractivity contribution is 5.34. The topological polar surface area (TPSA) is 24.9 Å². The molecule has 3 rings (SSSR count). The molecule has 1 heterocycles. The molecule has 0 fully saturated rings. The molecule has 0 spiro atoms. The van der Waals surface area contributed by atoms with Crippen LogP contribution < -0.4 is 5.32 Å². The highest BCUT2D eigenvalue weighted by Gasteiger charge is 2.24. The van der Waals surface area contributed by atoms with Crippen molar-refractivity contribution in [2.75, 3.05) is 0 Å². The van der Waals surface area contributed by atoms with Crippen molar-refractivity contribution >= 4 is 0 Å². The quantitative estimate of drug-likeness (QED) is 0.910. The fourth-order valence-electron chi connectivity index (χ4n) is 2.98. The van der Waals surface area contributed by atoms with Crippen LogP contribution in [0.4, 0.5) is 4.39 Å². The molecule has 0 aliphatic heterocycles. The molecule has 1 aliphatic rings. The van der Waals surface area contributed by atoms with Gasteiger partial charge in [0.2, 0.25) is 0 Å². The van der Waals surface area contributed by atoms with Crippen LogP contribution in [-0.4, -0.2) is 4.98 Å². The van der Waals surface area contributed by atoms with E-state index in [0.717, 1.165) is 25.0 Å². The van der Waals surface area contributed by atoms with E-state index in [2.05, 4.69) is 41.5 Å². The van der Waals surface area contributed by atoms with Crippen molar-refractivity contribution in [3.05, 3.63) is 65.2 Å². The number of benzene rings is 1. The number of nitrogens with one attached hydrogen (secondary N) is 1. The molecule has 1 N–H and O–H groups in total. The first kappa shape index (κ1) is 13.3. The standard InChI is InChI=1S/C17H19FN2/c1-2-15(17-10-8-13(18)11-19-17)20-16-9-7-12-5-3-4-6-14(12)16/h3-6,8,10-11,15-16,20H,2,7,9H2,1H3. The second-order valence-corrected chi connectivity index (χ2v) is 5.32. The molecule has 104 valence electrons. The molecule has 2 aromatic rings. The summed E-state index contributed by atoms with van der Waals surface area (Å²) < 4.78 is 13.0. The third-order valence-corrected chi connectivity index (χ3v) is 4.05. The summed E-state index contributed by atoms with van der Waals surface area (Å²) >= 11 is 0. The van der Waals surface area contributed by atoms with E-state index in [9.17, 15) is 4.39 Å². The summed E-state index contributed by atoms with van der Waals surface area (Å²) in [5, 5.41) is 3.67. The first-order chi connectivity index (χ1) is 9.78. The van der Waals surface area contributed by atoms with E-state index in [1.807, 2.05) is 0 Å². The summed E-state index contributed by atoms with van der Waals surface area (Å²) in [5.74, 6) is -0.283. The minimum atomic E-state index is -0.283. The summed E-state index contributed by atoms with van der Waals surface area (Å²) in [5.41, 5.74) is 3.75. The molecule has 0 radical (unpaired) electrons. The van der Waals surface area contributed by atoms with Crippen molar-refractivity contribution < 1.29 is 4.39 Å². The lowest BCUT2D eigenvalue weighted by Crippen LogP contribution is -2.25. The molecule has 0 saturated heterocycles. The maximum Gasteiger partial charge on any atom is 0.141 e. The third kappa shape index (κ3) is 2.59. The summed E-state index contributed by atoms with van der Waals surface area (Å²) in [4.78, 5) is 4.21. The van der Waals surface area contributed by atoms with E-state index in [-0.39, 0.29) is 11.9 Å². The average molecular weight is 270 g/mol. The summed E-state index contributed by atoms with van der Waals surface area (Å²) in [7, 11) is 0. The summed E-state index contributed by atoms with van der Waals surface area (Å²) in [6, 6.07) is 12.4. The third-order valence-electron chi connectivity index (χ3n) is 4.05. The normalized spacial score (nSPS) is 18.8. The van der Waals surface area contributed by atoms with Gasteiger partial charge < -0.3 is 5.32 Å². The number of aromatic nitrogens is 1. The number of nitrogens with zero attached hydrogens (tertiary/aromatic N) is 1. The fraction of sp³-hybridized carbons (Fsp3) is 0.353. The van der Waals surface area contributed by atoms with E-state index >= 15 is 0 Å². The van der Waals surface area contributed by atoms with E-state index in [1.165, 1.54) is 23.4 Å². The van der Waals surface area contributed by atoms with Crippen molar-refractivity contribution in [2.24, 2.45) is 0 Å². The van der Waals surface area contributed by atoms with Crippen LogP contribution in [0.15, 0.2) is 42.6 Å². The highest BCUT2D eigenvalue weighted by atomic mass is 19.1. The molecule has 0 amide bonds. The van der Waals surface area contributed by atoms with Gasteiger partial charge in [-0.15, -0.1) is 0 Å². The van der Waals surface area contributed by atoms with Gasteiger partial charge in [0.15, 0.2) is 0 Å². The number of rotatable bonds is 4. The van der Waals surface area contributed by atoms with Crippen molar-refractivity contribution in [2.45, 2.75) is 38.3 Å². The molecule has 1 aromatic carbocycles.